The van der Waals surface area contributed by atoms with E-state index < -0.39 is 11.6 Å². The molecule has 1 aliphatic heterocycles. The fraction of sp³-hybridized carbons (Fsp3) is 0.636. The van der Waals surface area contributed by atoms with Crippen molar-refractivity contribution >= 4 is 11.9 Å². The largest absolute Gasteiger partial charge is 0.480 e. The maximum Gasteiger partial charge on any atom is 0.329 e. The van der Waals surface area contributed by atoms with Crippen molar-refractivity contribution in [2.75, 3.05) is 19.7 Å². The molecule has 110 valence electrons. The van der Waals surface area contributed by atoms with Crippen LogP contribution < -0.4 is 5.73 Å². The molecule has 2 rings (SSSR count). The lowest BCUT2D eigenvalue weighted by Gasteiger charge is -2.47. The maximum atomic E-state index is 12.0. The van der Waals surface area contributed by atoms with Crippen LogP contribution in [0.25, 0.3) is 0 Å². The van der Waals surface area contributed by atoms with Gasteiger partial charge in [0.05, 0.1) is 25.0 Å². The Morgan fingerprint density at radius 3 is 2.80 bits per heavy atom. The minimum atomic E-state index is -1.02. The van der Waals surface area contributed by atoms with Crippen LogP contribution in [0, 0.1) is 0 Å². The number of ether oxygens (including phenoxy) is 1. The van der Waals surface area contributed by atoms with Crippen LogP contribution in [-0.4, -0.2) is 62.2 Å². The Bertz CT molecular complexity index is 509. The van der Waals surface area contributed by atoms with Gasteiger partial charge in [-0.1, -0.05) is 5.21 Å². The van der Waals surface area contributed by atoms with Crippen molar-refractivity contribution in [3.8, 4) is 0 Å². The molecule has 1 amide bonds. The van der Waals surface area contributed by atoms with Gasteiger partial charge < -0.3 is 20.5 Å². The molecule has 0 spiro atoms. The zero-order valence-corrected chi connectivity index (χ0v) is 11.2. The quantitative estimate of drug-likeness (QED) is 0.647. The lowest BCUT2D eigenvalue weighted by Crippen LogP contribution is -2.63. The molecule has 0 aromatic carbocycles. The average molecular weight is 283 g/mol. The van der Waals surface area contributed by atoms with Gasteiger partial charge in [0.25, 0.3) is 0 Å². The molecule has 0 bridgehead atoms. The highest BCUT2D eigenvalue weighted by Gasteiger charge is 2.42. The summed E-state index contributed by atoms with van der Waals surface area (Å²) in [6.07, 6.45) is 1.62. The molecule has 9 nitrogen and oxygen atoms in total. The highest BCUT2D eigenvalue weighted by Crippen LogP contribution is 2.24. The van der Waals surface area contributed by atoms with E-state index in [0.29, 0.717) is 18.8 Å². The van der Waals surface area contributed by atoms with E-state index in [0.717, 1.165) is 0 Å². The molecule has 1 aliphatic rings. The molecular weight excluding hydrogens is 266 g/mol. The summed E-state index contributed by atoms with van der Waals surface area (Å²) in [4.78, 5) is 24.0. The third-order valence-corrected chi connectivity index (χ3v) is 3.04. The molecule has 9 heteroatoms. The third-order valence-electron chi connectivity index (χ3n) is 3.04. The number of carbonyl (C=O) groups excluding carboxylic acids is 1. The zero-order chi connectivity index (χ0) is 14.8. The van der Waals surface area contributed by atoms with E-state index in [9.17, 15) is 9.59 Å². The van der Waals surface area contributed by atoms with Crippen molar-refractivity contribution < 1.29 is 19.4 Å². The van der Waals surface area contributed by atoms with E-state index in [4.69, 9.17) is 15.6 Å². The smallest absolute Gasteiger partial charge is 0.329 e. The van der Waals surface area contributed by atoms with Crippen molar-refractivity contribution in [2.45, 2.75) is 25.6 Å². The van der Waals surface area contributed by atoms with Gasteiger partial charge in [0.15, 0.2) is 0 Å². The number of amides is 1. The molecule has 1 saturated heterocycles. The first kappa shape index (κ1) is 14.4. The number of aliphatic carboxylic acids is 1. The Kier molecular flexibility index (Phi) is 4.00. The van der Waals surface area contributed by atoms with Gasteiger partial charge in [-0.25, -0.2) is 9.48 Å². The third kappa shape index (κ3) is 3.31. The summed E-state index contributed by atoms with van der Waals surface area (Å²) in [6.45, 7) is 2.53. The number of rotatable bonds is 6. The minimum Gasteiger partial charge on any atom is -0.480 e. The van der Waals surface area contributed by atoms with E-state index in [1.807, 2.05) is 0 Å². The number of carboxylic acid groups (broad SMARTS) is 1. The van der Waals surface area contributed by atoms with Gasteiger partial charge in [-0.15, -0.1) is 5.10 Å². The van der Waals surface area contributed by atoms with Crippen LogP contribution >= 0.6 is 0 Å². The first-order valence-corrected chi connectivity index (χ1v) is 6.14. The Hall–Kier alpha value is -2.00. The Morgan fingerprint density at radius 2 is 2.25 bits per heavy atom. The maximum absolute atomic E-state index is 12.0. The van der Waals surface area contributed by atoms with Crippen molar-refractivity contribution in [2.24, 2.45) is 5.73 Å². The molecule has 0 unspecified atom stereocenters. The van der Waals surface area contributed by atoms with E-state index in [1.165, 1.54) is 4.68 Å². The standard InChI is InChI=1S/C11H17N5O4/c1-11(20-5-10(18)19)6-15(7-11)9(17)4-16-3-8(2-12)13-14-16/h3H,2,4-7,12H2,1H3,(H,18,19). The summed E-state index contributed by atoms with van der Waals surface area (Å²) in [5, 5.41) is 16.1. The van der Waals surface area contributed by atoms with Crippen LogP contribution in [0.4, 0.5) is 0 Å². The number of likely N-dealkylation sites (tertiary alicyclic amines) is 1. The summed E-state index contributed by atoms with van der Waals surface area (Å²) in [5.74, 6) is -1.14. The molecule has 20 heavy (non-hydrogen) atoms. The topological polar surface area (TPSA) is 124 Å². The summed E-state index contributed by atoms with van der Waals surface area (Å²) in [7, 11) is 0. The van der Waals surface area contributed by atoms with Crippen LogP contribution in [0.5, 0.6) is 0 Å². The fourth-order valence-corrected chi connectivity index (χ4v) is 2.01. The van der Waals surface area contributed by atoms with Crippen LogP contribution in [0.15, 0.2) is 6.20 Å². The number of hydrogen-bond acceptors (Lipinski definition) is 6. The van der Waals surface area contributed by atoms with Crippen molar-refractivity contribution in [3.63, 3.8) is 0 Å². The molecule has 2 heterocycles. The first-order chi connectivity index (χ1) is 9.42. The van der Waals surface area contributed by atoms with E-state index in [2.05, 4.69) is 10.3 Å². The van der Waals surface area contributed by atoms with E-state index in [1.54, 1.807) is 18.0 Å². The monoisotopic (exact) mass is 283 g/mol. The molecule has 0 radical (unpaired) electrons. The van der Waals surface area contributed by atoms with Crippen LogP contribution in [0.1, 0.15) is 12.6 Å². The lowest BCUT2D eigenvalue weighted by atomic mass is 9.96. The van der Waals surface area contributed by atoms with E-state index in [-0.39, 0.29) is 25.6 Å². The van der Waals surface area contributed by atoms with E-state index >= 15 is 0 Å². The summed E-state index contributed by atoms with van der Waals surface area (Å²) < 4.78 is 6.66. The van der Waals surface area contributed by atoms with Gasteiger partial charge in [0.1, 0.15) is 18.8 Å². The van der Waals surface area contributed by atoms with Crippen molar-refractivity contribution in [1.29, 1.82) is 0 Å². The first-order valence-electron chi connectivity index (χ1n) is 6.14. The number of carboxylic acids is 1. The SMILES string of the molecule is CC1(OCC(=O)O)CN(C(=O)Cn2cc(CN)nn2)C1. The molecule has 1 aromatic heterocycles. The number of hydrogen-bond donors (Lipinski definition) is 2. The lowest BCUT2D eigenvalue weighted by molar-refractivity contribution is -0.173. The Balaban J connectivity index is 1.80. The number of carbonyl (C=O) groups is 2. The molecule has 1 fully saturated rings. The van der Waals surface area contributed by atoms with Crippen LogP contribution in [0.3, 0.4) is 0 Å². The fourth-order valence-electron chi connectivity index (χ4n) is 2.01. The predicted octanol–water partition coefficient (Wildman–Crippen LogP) is -1.56. The second-order valence-corrected chi connectivity index (χ2v) is 4.99. The summed E-state index contributed by atoms with van der Waals surface area (Å²) in [6, 6.07) is 0. The number of nitrogens with two attached hydrogens (primary N) is 1. The molecule has 0 aliphatic carbocycles. The zero-order valence-electron chi connectivity index (χ0n) is 11.2. The average Bonchev–Trinajstić information content (AvgIpc) is 2.80. The Labute approximate surface area is 115 Å². The van der Waals surface area contributed by atoms with Gasteiger partial charge in [-0.2, -0.15) is 0 Å². The molecule has 3 N–H and O–H groups in total. The minimum absolute atomic E-state index is 0.0853. The van der Waals surface area contributed by atoms with Crippen molar-refractivity contribution in [3.05, 3.63) is 11.9 Å². The Morgan fingerprint density at radius 1 is 1.55 bits per heavy atom. The van der Waals surface area contributed by atoms with Gasteiger partial charge >= 0.3 is 5.97 Å². The van der Waals surface area contributed by atoms with Gasteiger partial charge in [-0.3, -0.25) is 4.79 Å². The molecule has 1 aromatic rings. The molecule has 0 atom stereocenters. The van der Waals surface area contributed by atoms with Crippen molar-refractivity contribution in [1.82, 2.24) is 19.9 Å². The summed E-state index contributed by atoms with van der Waals surface area (Å²) in [5.41, 5.74) is 5.45. The number of nitrogens with zero attached hydrogens (tertiary/aromatic N) is 4. The van der Waals surface area contributed by atoms with Crippen LogP contribution in [-0.2, 0) is 27.4 Å². The normalized spacial score (nSPS) is 16.8. The molecule has 0 saturated carbocycles. The second-order valence-electron chi connectivity index (χ2n) is 4.99. The predicted molar refractivity (Wildman–Crippen MR) is 66.5 cm³/mol. The second kappa shape index (κ2) is 5.55. The molecular formula is C11H17N5O4. The number of aromatic nitrogens is 3. The van der Waals surface area contributed by atoms with Gasteiger partial charge in [0.2, 0.25) is 5.91 Å². The highest BCUT2D eigenvalue weighted by atomic mass is 16.5. The van der Waals surface area contributed by atoms with Gasteiger partial charge in [0, 0.05) is 6.54 Å². The summed E-state index contributed by atoms with van der Waals surface area (Å²) >= 11 is 0. The highest BCUT2D eigenvalue weighted by molar-refractivity contribution is 5.77. The van der Waals surface area contributed by atoms with Gasteiger partial charge in [-0.05, 0) is 6.92 Å². The van der Waals surface area contributed by atoms with Crippen LogP contribution in [0.2, 0.25) is 0 Å².